The van der Waals surface area contributed by atoms with Gasteiger partial charge >= 0.3 is 0 Å². The fourth-order valence-electron chi connectivity index (χ4n) is 0.847. The molecular weight excluding hydrogens is 202 g/mol. The van der Waals surface area contributed by atoms with Gasteiger partial charge in [0.25, 0.3) is 0 Å². The Bertz CT molecular complexity index is 348. The van der Waals surface area contributed by atoms with Crippen molar-refractivity contribution in [2.45, 2.75) is 0 Å². The molecule has 13 heavy (non-hydrogen) atoms. The van der Waals surface area contributed by atoms with Crippen molar-refractivity contribution in [3.8, 4) is 6.07 Å². The molecule has 3 heteroatoms. The van der Waals surface area contributed by atoms with Gasteiger partial charge in [0.1, 0.15) is 6.07 Å². The zero-order valence-electron chi connectivity index (χ0n) is 7.12. The van der Waals surface area contributed by atoms with Crippen LogP contribution >= 0.6 is 23.4 Å². The highest BCUT2D eigenvalue weighted by Crippen LogP contribution is 2.16. The molecule has 0 amide bonds. The van der Waals surface area contributed by atoms with E-state index >= 15 is 0 Å². The van der Waals surface area contributed by atoms with Crippen LogP contribution in [0.5, 0.6) is 0 Å². The van der Waals surface area contributed by atoms with Crippen molar-refractivity contribution in [1.29, 1.82) is 5.26 Å². The van der Waals surface area contributed by atoms with Gasteiger partial charge in [-0.15, -0.1) is 11.8 Å². The number of hydrogen-bond donors (Lipinski definition) is 0. The predicted octanol–water partition coefficient (Wildman–Crippen LogP) is 3.57. The first kappa shape index (κ1) is 10.2. The standard InChI is InChI=1S/C10H8ClNS/c1-13-10(7-12)6-8-2-4-9(11)5-3-8/h2-6H,1H3/b10-6+. The van der Waals surface area contributed by atoms with Crippen LogP contribution in [-0.2, 0) is 0 Å². The molecule has 0 saturated carbocycles. The summed E-state index contributed by atoms with van der Waals surface area (Å²) in [5.74, 6) is 0. The Hall–Kier alpha value is -0.910. The lowest BCUT2D eigenvalue weighted by Gasteiger charge is -1.94. The summed E-state index contributed by atoms with van der Waals surface area (Å²) in [5.41, 5.74) is 0.996. The topological polar surface area (TPSA) is 23.8 Å². The summed E-state index contributed by atoms with van der Waals surface area (Å²) in [4.78, 5) is 0.697. The molecule has 0 saturated heterocycles. The lowest BCUT2D eigenvalue weighted by Crippen LogP contribution is -1.73. The fourth-order valence-corrected chi connectivity index (χ4v) is 1.32. The van der Waals surface area contributed by atoms with E-state index in [0.717, 1.165) is 5.56 Å². The van der Waals surface area contributed by atoms with E-state index in [4.69, 9.17) is 16.9 Å². The van der Waals surface area contributed by atoms with Crippen LogP contribution < -0.4 is 0 Å². The van der Waals surface area contributed by atoms with Crippen molar-refractivity contribution >= 4 is 29.4 Å². The summed E-state index contributed by atoms with van der Waals surface area (Å²) in [5, 5.41) is 9.38. The molecule has 0 unspecified atom stereocenters. The van der Waals surface area contributed by atoms with Crippen LogP contribution in [0.15, 0.2) is 29.2 Å². The zero-order chi connectivity index (χ0) is 9.68. The van der Waals surface area contributed by atoms with Crippen LogP contribution in [0.4, 0.5) is 0 Å². The SMILES string of the molecule is CS/C(C#N)=C/c1ccc(Cl)cc1. The van der Waals surface area contributed by atoms with Crippen molar-refractivity contribution in [3.05, 3.63) is 39.8 Å². The molecule has 0 aliphatic heterocycles. The normalized spacial score (nSPS) is 11.0. The third-order valence-corrected chi connectivity index (χ3v) is 2.40. The van der Waals surface area contributed by atoms with E-state index in [1.165, 1.54) is 11.8 Å². The summed E-state index contributed by atoms with van der Waals surface area (Å²) < 4.78 is 0. The summed E-state index contributed by atoms with van der Waals surface area (Å²) in [6.07, 6.45) is 3.71. The maximum atomic E-state index is 8.68. The van der Waals surface area contributed by atoms with E-state index in [9.17, 15) is 0 Å². The lowest BCUT2D eigenvalue weighted by atomic mass is 10.2. The molecule has 0 heterocycles. The van der Waals surface area contributed by atoms with Gasteiger partial charge in [-0.1, -0.05) is 23.7 Å². The average Bonchev–Trinajstić information content (AvgIpc) is 2.17. The van der Waals surface area contributed by atoms with Gasteiger partial charge in [-0.25, -0.2) is 0 Å². The average molecular weight is 210 g/mol. The molecule has 0 fully saturated rings. The molecule has 1 aromatic carbocycles. The number of rotatable bonds is 2. The van der Waals surface area contributed by atoms with Crippen LogP contribution in [0.3, 0.4) is 0 Å². The van der Waals surface area contributed by atoms with Gasteiger partial charge in [0, 0.05) is 5.02 Å². The van der Waals surface area contributed by atoms with Crippen molar-refractivity contribution in [3.63, 3.8) is 0 Å². The third-order valence-electron chi connectivity index (χ3n) is 1.50. The van der Waals surface area contributed by atoms with E-state index in [1.54, 1.807) is 0 Å². The predicted molar refractivity (Wildman–Crippen MR) is 58.6 cm³/mol. The molecule has 1 nitrogen and oxygen atoms in total. The number of thioether (sulfide) groups is 1. The number of benzene rings is 1. The van der Waals surface area contributed by atoms with E-state index in [0.29, 0.717) is 9.93 Å². The first-order chi connectivity index (χ1) is 6.26. The Morgan fingerprint density at radius 1 is 1.46 bits per heavy atom. The highest BCUT2D eigenvalue weighted by atomic mass is 35.5. The van der Waals surface area contributed by atoms with Gasteiger partial charge in [-0.3, -0.25) is 0 Å². The molecular formula is C10H8ClNS. The summed E-state index contributed by atoms with van der Waals surface area (Å²) >= 11 is 7.16. The first-order valence-corrected chi connectivity index (χ1v) is 5.28. The highest BCUT2D eigenvalue weighted by Gasteiger charge is 1.93. The lowest BCUT2D eigenvalue weighted by molar-refractivity contribution is 1.53. The molecule has 0 atom stereocenters. The number of hydrogen-bond acceptors (Lipinski definition) is 2. The van der Waals surface area contributed by atoms with E-state index in [1.807, 2.05) is 36.6 Å². The largest absolute Gasteiger partial charge is 0.192 e. The van der Waals surface area contributed by atoms with Gasteiger partial charge in [0.05, 0.1) is 4.91 Å². The first-order valence-electron chi connectivity index (χ1n) is 3.67. The van der Waals surface area contributed by atoms with E-state index < -0.39 is 0 Å². The molecule has 0 aliphatic rings. The third kappa shape index (κ3) is 3.14. The quantitative estimate of drug-likeness (QED) is 0.696. The number of nitriles is 1. The Morgan fingerprint density at radius 3 is 2.54 bits per heavy atom. The van der Waals surface area contributed by atoms with Crippen molar-refractivity contribution < 1.29 is 0 Å². The highest BCUT2D eigenvalue weighted by molar-refractivity contribution is 8.02. The van der Waals surface area contributed by atoms with Crippen molar-refractivity contribution in [2.24, 2.45) is 0 Å². The summed E-state index contributed by atoms with van der Waals surface area (Å²) in [7, 11) is 0. The molecule has 0 radical (unpaired) electrons. The van der Waals surface area contributed by atoms with Crippen LogP contribution in [0.2, 0.25) is 5.02 Å². The minimum absolute atomic E-state index is 0.697. The Balaban J connectivity index is 2.92. The fraction of sp³-hybridized carbons (Fsp3) is 0.100. The molecule has 1 aromatic rings. The van der Waals surface area contributed by atoms with Gasteiger partial charge in [-0.2, -0.15) is 5.26 Å². The zero-order valence-corrected chi connectivity index (χ0v) is 8.69. The van der Waals surface area contributed by atoms with E-state index in [-0.39, 0.29) is 0 Å². The maximum absolute atomic E-state index is 8.68. The molecule has 1 rings (SSSR count). The smallest absolute Gasteiger partial charge is 0.106 e. The van der Waals surface area contributed by atoms with E-state index in [2.05, 4.69) is 6.07 Å². The Labute approximate surface area is 87.0 Å². The Morgan fingerprint density at radius 2 is 2.08 bits per heavy atom. The molecule has 0 N–H and O–H groups in total. The van der Waals surface area contributed by atoms with Crippen LogP contribution in [0, 0.1) is 11.3 Å². The summed E-state index contributed by atoms with van der Waals surface area (Å²) in [6.45, 7) is 0. The molecule has 66 valence electrons. The van der Waals surface area contributed by atoms with Gasteiger partial charge in [0.15, 0.2) is 0 Å². The van der Waals surface area contributed by atoms with Gasteiger partial charge in [0.2, 0.25) is 0 Å². The maximum Gasteiger partial charge on any atom is 0.106 e. The Kier molecular flexibility index (Phi) is 3.88. The molecule has 0 bridgehead atoms. The number of halogens is 1. The van der Waals surface area contributed by atoms with Crippen molar-refractivity contribution in [2.75, 3.05) is 6.26 Å². The second-order valence-electron chi connectivity index (χ2n) is 2.38. The van der Waals surface area contributed by atoms with Crippen LogP contribution in [-0.4, -0.2) is 6.26 Å². The second-order valence-corrected chi connectivity index (χ2v) is 3.66. The number of allylic oxidation sites excluding steroid dienone is 1. The summed E-state index contributed by atoms with van der Waals surface area (Å²) in [6, 6.07) is 9.49. The molecule has 0 aromatic heterocycles. The molecule has 0 aliphatic carbocycles. The molecule has 0 spiro atoms. The minimum Gasteiger partial charge on any atom is -0.192 e. The van der Waals surface area contributed by atoms with Gasteiger partial charge in [-0.05, 0) is 30.0 Å². The number of nitrogens with zero attached hydrogens (tertiary/aromatic N) is 1. The second kappa shape index (κ2) is 4.96. The van der Waals surface area contributed by atoms with Gasteiger partial charge < -0.3 is 0 Å². The van der Waals surface area contributed by atoms with Crippen molar-refractivity contribution in [1.82, 2.24) is 0 Å². The minimum atomic E-state index is 0.697. The van der Waals surface area contributed by atoms with Crippen LogP contribution in [0.25, 0.3) is 6.08 Å². The van der Waals surface area contributed by atoms with Crippen LogP contribution in [0.1, 0.15) is 5.56 Å². The monoisotopic (exact) mass is 209 g/mol.